The second kappa shape index (κ2) is 6.97. The highest BCUT2D eigenvalue weighted by molar-refractivity contribution is 7.16. The van der Waals surface area contributed by atoms with Crippen LogP contribution in [0, 0.1) is 0 Å². The van der Waals surface area contributed by atoms with E-state index in [4.69, 9.17) is 9.47 Å². The number of hydrogen-bond donors (Lipinski definition) is 0. The molecule has 0 aliphatic rings. The standard InChI is InChI=1S/C19H15N3O3S/c1-24-16-10-6-5-9-14(16)18-15(11-23)22-19(20-18)26-17(21-22)12-25-13-7-3-2-4-8-13/h2-11H,12H2,1H3. The van der Waals surface area contributed by atoms with Gasteiger partial charge in [-0.15, -0.1) is 0 Å². The zero-order valence-corrected chi connectivity index (χ0v) is 14.8. The molecule has 0 atom stereocenters. The van der Waals surface area contributed by atoms with Crippen molar-refractivity contribution in [2.24, 2.45) is 0 Å². The number of benzene rings is 2. The molecule has 6 nitrogen and oxygen atoms in total. The zero-order chi connectivity index (χ0) is 17.9. The number of rotatable bonds is 6. The van der Waals surface area contributed by atoms with Gasteiger partial charge in [-0.2, -0.15) is 9.61 Å². The van der Waals surface area contributed by atoms with Crippen LogP contribution in [-0.4, -0.2) is 28.0 Å². The Balaban J connectivity index is 1.68. The molecule has 0 N–H and O–H groups in total. The smallest absolute Gasteiger partial charge is 0.213 e. The highest BCUT2D eigenvalue weighted by Gasteiger charge is 2.20. The van der Waals surface area contributed by atoms with Crippen LogP contribution >= 0.6 is 11.3 Å². The fourth-order valence-corrected chi connectivity index (χ4v) is 3.48. The van der Waals surface area contributed by atoms with Crippen LogP contribution in [0.2, 0.25) is 0 Å². The van der Waals surface area contributed by atoms with E-state index in [0.29, 0.717) is 28.7 Å². The molecule has 7 heteroatoms. The number of imidazole rings is 1. The van der Waals surface area contributed by atoms with Crippen LogP contribution in [0.25, 0.3) is 16.2 Å². The fourth-order valence-electron chi connectivity index (χ4n) is 2.67. The molecular formula is C19H15N3O3S. The Morgan fingerprint density at radius 3 is 2.65 bits per heavy atom. The van der Waals surface area contributed by atoms with Crippen molar-refractivity contribution in [2.75, 3.05) is 7.11 Å². The summed E-state index contributed by atoms with van der Waals surface area (Å²) < 4.78 is 12.7. The normalized spacial score (nSPS) is 10.8. The van der Waals surface area contributed by atoms with Gasteiger partial charge in [-0.3, -0.25) is 4.79 Å². The van der Waals surface area contributed by atoms with Crippen LogP contribution in [0.4, 0.5) is 0 Å². The van der Waals surface area contributed by atoms with Gasteiger partial charge in [0, 0.05) is 5.56 Å². The molecule has 0 fully saturated rings. The van der Waals surface area contributed by atoms with Crippen molar-refractivity contribution in [3.63, 3.8) is 0 Å². The van der Waals surface area contributed by atoms with Crippen molar-refractivity contribution in [1.29, 1.82) is 0 Å². The highest BCUT2D eigenvalue weighted by Crippen LogP contribution is 2.32. The second-order valence-corrected chi connectivity index (χ2v) is 6.50. The summed E-state index contributed by atoms with van der Waals surface area (Å²) in [5.41, 5.74) is 1.72. The van der Waals surface area contributed by atoms with E-state index in [9.17, 15) is 4.79 Å². The molecule has 4 aromatic rings. The molecule has 0 bridgehead atoms. The van der Waals surface area contributed by atoms with Gasteiger partial charge in [-0.1, -0.05) is 41.7 Å². The van der Waals surface area contributed by atoms with Gasteiger partial charge in [0.2, 0.25) is 4.96 Å². The minimum atomic E-state index is 0.320. The molecule has 0 amide bonds. The second-order valence-electron chi connectivity index (χ2n) is 5.46. The van der Waals surface area contributed by atoms with E-state index in [2.05, 4.69) is 10.1 Å². The quantitative estimate of drug-likeness (QED) is 0.486. The van der Waals surface area contributed by atoms with Crippen molar-refractivity contribution in [3.8, 4) is 22.8 Å². The molecule has 26 heavy (non-hydrogen) atoms. The molecule has 2 heterocycles. The van der Waals surface area contributed by atoms with E-state index in [0.717, 1.165) is 22.6 Å². The van der Waals surface area contributed by atoms with Crippen LogP contribution in [0.1, 0.15) is 15.5 Å². The van der Waals surface area contributed by atoms with Crippen LogP contribution in [0.15, 0.2) is 54.6 Å². The molecule has 2 aromatic carbocycles. The van der Waals surface area contributed by atoms with Crippen molar-refractivity contribution < 1.29 is 14.3 Å². The lowest BCUT2D eigenvalue weighted by Gasteiger charge is -2.06. The van der Waals surface area contributed by atoms with Gasteiger partial charge in [0.15, 0.2) is 11.3 Å². The summed E-state index contributed by atoms with van der Waals surface area (Å²) in [7, 11) is 1.59. The summed E-state index contributed by atoms with van der Waals surface area (Å²) in [6.45, 7) is 0.320. The van der Waals surface area contributed by atoms with Crippen molar-refractivity contribution in [2.45, 2.75) is 6.61 Å². The molecule has 0 saturated carbocycles. The predicted molar refractivity (Wildman–Crippen MR) is 99.0 cm³/mol. The van der Waals surface area contributed by atoms with Gasteiger partial charge in [0.25, 0.3) is 0 Å². The van der Waals surface area contributed by atoms with Crippen molar-refractivity contribution in [3.05, 3.63) is 65.3 Å². The Kier molecular flexibility index (Phi) is 4.37. The Labute approximate surface area is 153 Å². The van der Waals surface area contributed by atoms with Crippen LogP contribution in [-0.2, 0) is 6.61 Å². The largest absolute Gasteiger partial charge is 0.496 e. The van der Waals surface area contributed by atoms with Crippen LogP contribution in [0.5, 0.6) is 11.5 Å². The lowest BCUT2D eigenvalue weighted by Crippen LogP contribution is -1.99. The zero-order valence-electron chi connectivity index (χ0n) is 14.0. The van der Waals surface area contributed by atoms with Crippen LogP contribution in [0.3, 0.4) is 0 Å². The first-order valence-corrected chi connectivity index (χ1v) is 8.76. The van der Waals surface area contributed by atoms with Gasteiger partial charge < -0.3 is 9.47 Å². The molecule has 0 radical (unpaired) electrons. The third kappa shape index (κ3) is 2.93. The predicted octanol–water partition coefficient (Wildman–Crippen LogP) is 3.86. The maximum absolute atomic E-state index is 11.7. The number of carbonyl (C=O) groups excluding carboxylic acids is 1. The van der Waals surface area contributed by atoms with E-state index in [1.54, 1.807) is 11.6 Å². The maximum atomic E-state index is 11.7. The van der Waals surface area contributed by atoms with Crippen molar-refractivity contribution >= 4 is 22.6 Å². The third-order valence-corrected chi connectivity index (χ3v) is 4.74. The first-order chi connectivity index (χ1) is 12.8. The minimum absolute atomic E-state index is 0.320. The molecule has 0 spiro atoms. The Hall–Kier alpha value is -3.19. The number of aldehydes is 1. The number of aromatic nitrogens is 3. The first-order valence-electron chi connectivity index (χ1n) is 7.95. The summed E-state index contributed by atoms with van der Waals surface area (Å²) in [6.07, 6.45) is 0.767. The van der Waals surface area contributed by atoms with E-state index >= 15 is 0 Å². The van der Waals surface area contributed by atoms with Gasteiger partial charge in [-0.25, -0.2) is 4.98 Å². The number of carbonyl (C=O) groups is 1. The Morgan fingerprint density at radius 2 is 1.88 bits per heavy atom. The maximum Gasteiger partial charge on any atom is 0.213 e. The highest BCUT2D eigenvalue weighted by atomic mass is 32.1. The number of nitrogens with zero attached hydrogens (tertiary/aromatic N) is 3. The average molecular weight is 365 g/mol. The fraction of sp³-hybridized carbons (Fsp3) is 0.105. The molecule has 4 rings (SSSR count). The molecule has 0 saturated heterocycles. The summed E-state index contributed by atoms with van der Waals surface area (Å²) >= 11 is 1.39. The Bertz CT molecular complexity index is 1060. The summed E-state index contributed by atoms with van der Waals surface area (Å²) in [5.74, 6) is 1.43. The van der Waals surface area contributed by atoms with E-state index in [-0.39, 0.29) is 0 Å². The molecule has 2 aromatic heterocycles. The minimum Gasteiger partial charge on any atom is -0.496 e. The number of para-hydroxylation sites is 2. The van der Waals surface area contributed by atoms with Gasteiger partial charge in [0.05, 0.1) is 7.11 Å². The third-order valence-electron chi connectivity index (χ3n) is 3.86. The van der Waals surface area contributed by atoms with Crippen molar-refractivity contribution in [1.82, 2.24) is 14.6 Å². The van der Waals surface area contributed by atoms with E-state index in [1.807, 2.05) is 54.6 Å². The lowest BCUT2D eigenvalue weighted by atomic mass is 10.1. The van der Waals surface area contributed by atoms with Gasteiger partial charge in [-0.05, 0) is 24.3 Å². The molecule has 130 valence electrons. The SMILES string of the molecule is COc1ccccc1-c1nc2sc(COc3ccccc3)nn2c1C=O. The summed E-state index contributed by atoms with van der Waals surface area (Å²) in [4.78, 5) is 16.9. The number of fused-ring (bicyclic) bond motifs is 1. The summed E-state index contributed by atoms with van der Waals surface area (Å²) in [5, 5.41) is 5.22. The summed E-state index contributed by atoms with van der Waals surface area (Å²) in [6, 6.07) is 17.0. The van der Waals surface area contributed by atoms with Crippen LogP contribution < -0.4 is 9.47 Å². The van der Waals surface area contributed by atoms with E-state index < -0.39 is 0 Å². The molecule has 0 aliphatic carbocycles. The number of methoxy groups -OCH3 is 1. The monoisotopic (exact) mass is 365 g/mol. The first kappa shape index (κ1) is 16.3. The molecule has 0 unspecified atom stereocenters. The molecule has 0 aliphatic heterocycles. The van der Waals surface area contributed by atoms with Gasteiger partial charge in [0.1, 0.15) is 29.5 Å². The van der Waals surface area contributed by atoms with Gasteiger partial charge >= 0.3 is 0 Å². The average Bonchev–Trinajstić information content (AvgIpc) is 3.24. The Morgan fingerprint density at radius 1 is 1.12 bits per heavy atom. The van der Waals surface area contributed by atoms with E-state index in [1.165, 1.54) is 11.3 Å². The number of hydrogen-bond acceptors (Lipinski definition) is 6. The number of ether oxygens (including phenoxy) is 2. The lowest BCUT2D eigenvalue weighted by molar-refractivity contribution is 0.111. The molecular weight excluding hydrogens is 350 g/mol. The topological polar surface area (TPSA) is 65.7 Å².